The monoisotopic (exact) mass is 356 g/mol. The summed E-state index contributed by atoms with van der Waals surface area (Å²) in [7, 11) is 1.54. The molecule has 0 N–H and O–H groups in total. The van der Waals surface area contributed by atoms with Crippen LogP contribution >= 0.6 is 27.5 Å². The second kappa shape index (κ2) is 6.37. The molecule has 0 unspecified atom stereocenters. The molecule has 2 aromatic carbocycles. The van der Waals surface area contributed by atoms with Crippen molar-refractivity contribution >= 4 is 33.3 Å². The van der Waals surface area contributed by atoms with Gasteiger partial charge in [-0.15, -0.1) is 0 Å². The molecule has 0 heterocycles. The summed E-state index contributed by atoms with van der Waals surface area (Å²) in [5, 5.41) is 0.248. The number of rotatable bonds is 4. The van der Waals surface area contributed by atoms with E-state index in [1.165, 1.54) is 25.3 Å². The third kappa shape index (κ3) is 3.38. The van der Waals surface area contributed by atoms with Crippen molar-refractivity contribution < 1.29 is 13.9 Å². The first kappa shape index (κ1) is 15.0. The Morgan fingerprint density at radius 2 is 2.05 bits per heavy atom. The fourth-order valence-corrected chi connectivity index (χ4v) is 2.48. The lowest BCUT2D eigenvalue weighted by molar-refractivity contribution is 0.0992. The van der Waals surface area contributed by atoms with E-state index in [9.17, 15) is 9.18 Å². The van der Waals surface area contributed by atoms with Crippen molar-refractivity contribution in [1.82, 2.24) is 0 Å². The smallest absolute Gasteiger partial charge is 0.168 e. The van der Waals surface area contributed by atoms with Crippen molar-refractivity contribution in [3.63, 3.8) is 0 Å². The molecule has 5 heteroatoms. The fraction of sp³-hybridized carbons (Fsp3) is 0.133. The fourth-order valence-electron chi connectivity index (χ4n) is 1.78. The van der Waals surface area contributed by atoms with Crippen molar-refractivity contribution in [2.75, 3.05) is 7.11 Å². The zero-order chi connectivity index (χ0) is 14.7. The van der Waals surface area contributed by atoms with Crippen LogP contribution in [0.2, 0.25) is 5.02 Å². The summed E-state index contributed by atoms with van der Waals surface area (Å²) < 4.78 is 18.8. The van der Waals surface area contributed by atoms with Crippen molar-refractivity contribution in [3.8, 4) is 5.75 Å². The number of halogens is 3. The second-order valence-electron chi connectivity index (χ2n) is 4.18. The van der Waals surface area contributed by atoms with E-state index in [2.05, 4.69) is 15.9 Å². The van der Waals surface area contributed by atoms with Crippen molar-refractivity contribution in [1.29, 1.82) is 0 Å². The van der Waals surface area contributed by atoms with Gasteiger partial charge in [-0.25, -0.2) is 4.39 Å². The Labute approximate surface area is 129 Å². The van der Waals surface area contributed by atoms with Crippen LogP contribution in [0.3, 0.4) is 0 Å². The summed E-state index contributed by atoms with van der Waals surface area (Å²) in [6, 6.07) is 9.16. The van der Waals surface area contributed by atoms with E-state index in [4.69, 9.17) is 16.3 Å². The van der Waals surface area contributed by atoms with E-state index in [0.29, 0.717) is 21.3 Å². The number of Topliss-reactive ketones (excluding diaryl/α,β-unsaturated/α-hetero) is 1. The van der Waals surface area contributed by atoms with Crippen molar-refractivity contribution in [3.05, 3.63) is 62.8 Å². The van der Waals surface area contributed by atoms with Crippen LogP contribution in [0.4, 0.5) is 4.39 Å². The number of methoxy groups -OCH3 is 1. The maximum absolute atomic E-state index is 13.0. The molecule has 0 atom stereocenters. The number of ether oxygens (including phenoxy) is 1. The Morgan fingerprint density at radius 1 is 1.30 bits per heavy atom. The Bertz CT molecular complexity index is 658. The van der Waals surface area contributed by atoms with Gasteiger partial charge in [0.25, 0.3) is 0 Å². The normalized spacial score (nSPS) is 10.4. The zero-order valence-corrected chi connectivity index (χ0v) is 13.0. The SMILES string of the molecule is COc1ccc(Br)c(C(=O)Cc2ccc(F)cc2Cl)c1. The van der Waals surface area contributed by atoms with Gasteiger partial charge in [0.1, 0.15) is 11.6 Å². The third-order valence-corrected chi connectivity index (χ3v) is 3.88. The molecule has 0 aliphatic rings. The summed E-state index contributed by atoms with van der Waals surface area (Å²) >= 11 is 9.27. The second-order valence-corrected chi connectivity index (χ2v) is 5.44. The summed E-state index contributed by atoms with van der Waals surface area (Å²) in [5.41, 5.74) is 1.09. The van der Waals surface area contributed by atoms with Crippen LogP contribution in [0.25, 0.3) is 0 Å². The first-order valence-electron chi connectivity index (χ1n) is 5.82. The van der Waals surface area contributed by atoms with Gasteiger partial charge in [0, 0.05) is 21.5 Å². The Hall–Kier alpha value is -1.39. The van der Waals surface area contributed by atoms with Crippen molar-refractivity contribution in [2.24, 2.45) is 0 Å². The van der Waals surface area contributed by atoms with Crippen LogP contribution in [-0.4, -0.2) is 12.9 Å². The summed E-state index contributed by atoms with van der Waals surface area (Å²) in [4.78, 5) is 12.3. The highest BCUT2D eigenvalue weighted by atomic mass is 79.9. The topological polar surface area (TPSA) is 26.3 Å². The van der Waals surface area contributed by atoms with E-state index in [-0.39, 0.29) is 17.2 Å². The number of hydrogen-bond donors (Lipinski definition) is 0. The highest BCUT2D eigenvalue weighted by Gasteiger charge is 2.14. The van der Waals surface area contributed by atoms with Gasteiger partial charge in [0.2, 0.25) is 0 Å². The van der Waals surface area contributed by atoms with Gasteiger partial charge in [-0.3, -0.25) is 4.79 Å². The maximum atomic E-state index is 13.0. The largest absolute Gasteiger partial charge is 0.497 e. The molecule has 0 bridgehead atoms. The molecule has 0 aliphatic carbocycles. The van der Waals surface area contributed by atoms with Crippen LogP contribution in [0.15, 0.2) is 40.9 Å². The molecular formula is C15H11BrClFO2. The summed E-state index contributed by atoms with van der Waals surface area (Å²) in [5.74, 6) is 0.0554. The molecule has 0 saturated heterocycles. The molecule has 0 spiro atoms. The zero-order valence-electron chi connectivity index (χ0n) is 10.6. The number of hydrogen-bond acceptors (Lipinski definition) is 2. The first-order valence-corrected chi connectivity index (χ1v) is 6.99. The summed E-state index contributed by atoms with van der Waals surface area (Å²) in [6.45, 7) is 0. The van der Waals surface area contributed by atoms with Gasteiger partial charge in [-0.05, 0) is 35.9 Å². The van der Waals surface area contributed by atoms with Gasteiger partial charge in [0.05, 0.1) is 7.11 Å². The molecule has 2 nitrogen and oxygen atoms in total. The minimum Gasteiger partial charge on any atom is -0.497 e. The maximum Gasteiger partial charge on any atom is 0.168 e. The van der Waals surface area contributed by atoms with E-state index in [1.54, 1.807) is 18.2 Å². The summed E-state index contributed by atoms with van der Waals surface area (Å²) in [6.07, 6.45) is 0.102. The third-order valence-electron chi connectivity index (χ3n) is 2.84. The van der Waals surface area contributed by atoms with Gasteiger partial charge in [-0.1, -0.05) is 33.6 Å². The molecule has 0 aromatic heterocycles. The van der Waals surface area contributed by atoms with E-state index >= 15 is 0 Å². The molecule has 0 radical (unpaired) electrons. The number of carbonyl (C=O) groups excluding carboxylic acids is 1. The molecule has 0 fully saturated rings. The van der Waals surface area contributed by atoms with Crippen LogP contribution in [0.5, 0.6) is 5.75 Å². The Kier molecular flexibility index (Phi) is 4.78. The minimum absolute atomic E-state index is 0.102. The molecule has 20 heavy (non-hydrogen) atoms. The lowest BCUT2D eigenvalue weighted by Gasteiger charge is -2.08. The molecule has 2 aromatic rings. The van der Waals surface area contributed by atoms with Crippen LogP contribution in [-0.2, 0) is 6.42 Å². The Morgan fingerprint density at radius 3 is 2.70 bits per heavy atom. The Balaban J connectivity index is 2.28. The number of benzene rings is 2. The van der Waals surface area contributed by atoms with Gasteiger partial charge in [-0.2, -0.15) is 0 Å². The molecule has 2 rings (SSSR count). The number of ketones is 1. The van der Waals surface area contributed by atoms with E-state index in [0.717, 1.165) is 0 Å². The predicted octanol–water partition coefficient (Wildman–Crippen LogP) is 4.68. The quantitative estimate of drug-likeness (QED) is 0.743. The van der Waals surface area contributed by atoms with E-state index in [1.807, 2.05) is 0 Å². The van der Waals surface area contributed by atoms with Gasteiger partial charge >= 0.3 is 0 Å². The molecular weight excluding hydrogens is 347 g/mol. The minimum atomic E-state index is -0.422. The van der Waals surface area contributed by atoms with Crippen LogP contribution in [0, 0.1) is 5.82 Å². The van der Waals surface area contributed by atoms with Crippen molar-refractivity contribution in [2.45, 2.75) is 6.42 Å². The predicted molar refractivity (Wildman–Crippen MR) is 80.1 cm³/mol. The highest BCUT2D eigenvalue weighted by Crippen LogP contribution is 2.25. The van der Waals surface area contributed by atoms with Crippen LogP contribution in [0.1, 0.15) is 15.9 Å². The highest BCUT2D eigenvalue weighted by molar-refractivity contribution is 9.10. The lowest BCUT2D eigenvalue weighted by Crippen LogP contribution is -2.05. The lowest BCUT2D eigenvalue weighted by atomic mass is 10.0. The molecule has 104 valence electrons. The first-order chi connectivity index (χ1) is 9.51. The van der Waals surface area contributed by atoms with Gasteiger partial charge in [0.15, 0.2) is 5.78 Å². The standard InChI is InChI=1S/C15H11BrClFO2/c1-20-11-4-5-13(16)12(8-11)15(19)6-9-2-3-10(18)7-14(9)17/h2-5,7-8H,6H2,1H3. The molecule has 0 aliphatic heterocycles. The molecule has 0 saturated carbocycles. The van der Waals surface area contributed by atoms with Gasteiger partial charge < -0.3 is 4.74 Å². The average Bonchev–Trinajstić information content (AvgIpc) is 2.42. The van der Waals surface area contributed by atoms with E-state index < -0.39 is 5.82 Å². The molecule has 0 amide bonds. The number of carbonyl (C=O) groups is 1. The van der Waals surface area contributed by atoms with Crippen LogP contribution < -0.4 is 4.74 Å². The average molecular weight is 358 g/mol.